The van der Waals surface area contributed by atoms with Crippen LogP contribution >= 0.6 is 0 Å². The summed E-state index contributed by atoms with van der Waals surface area (Å²) in [6.07, 6.45) is 20.0. The predicted molar refractivity (Wildman–Crippen MR) is 278 cm³/mol. The fourth-order valence-corrected chi connectivity index (χ4v) is 12.0. The molecule has 20 heteroatoms. The third-order valence-corrected chi connectivity index (χ3v) is 16.7. The maximum Gasteiger partial charge on any atom is 0.333 e. The smallest absolute Gasteiger partial charge is 0.333 e. The second kappa shape index (κ2) is 24.6. The van der Waals surface area contributed by atoms with Gasteiger partial charge in [-0.2, -0.15) is 21.4 Å². The van der Waals surface area contributed by atoms with E-state index in [4.69, 9.17) is 4.84 Å². The van der Waals surface area contributed by atoms with Crippen LogP contribution in [0.3, 0.4) is 0 Å². The normalized spacial score (nSPS) is 19.0. The lowest BCUT2D eigenvalue weighted by atomic mass is 9.81. The topological polar surface area (TPSA) is 248 Å². The number of imide groups is 1. The summed E-state index contributed by atoms with van der Waals surface area (Å²) in [6.45, 7) is 9.95. The molecule has 3 aliphatic heterocycles. The summed E-state index contributed by atoms with van der Waals surface area (Å²) in [6, 6.07) is 12.7. The average molecular weight is 1070 g/mol. The molecule has 0 bridgehead atoms. The zero-order chi connectivity index (χ0) is 53.2. The highest BCUT2D eigenvalue weighted by atomic mass is 32.2. The minimum Gasteiger partial charge on any atom is -0.748 e. The largest absolute Gasteiger partial charge is 0.748 e. The van der Waals surface area contributed by atoms with Gasteiger partial charge in [0.15, 0.2) is 5.71 Å². The van der Waals surface area contributed by atoms with E-state index in [-0.39, 0.29) is 48.2 Å². The Balaban J connectivity index is 1.22. The van der Waals surface area contributed by atoms with Gasteiger partial charge in [-0.1, -0.05) is 82.7 Å². The molecule has 17 nitrogen and oxygen atoms in total. The van der Waals surface area contributed by atoms with Crippen molar-refractivity contribution in [2.45, 2.75) is 159 Å². The number of carbonyl (C=O) groups is 3. The van der Waals surface area contributed by atoms with Gasteiger partial charge in [-0.25, -0.2) is 13.2 Å². The number of fused-ring (bicyclic) bond motifs is 2. The molecule has 1 aliphatic carbocycles. The van der Waals surface area contributed by atoms with Crippen LogP contribution in [-0.2, 0) is 60.4 Å². The summed E-state index contributed by atoms with van der Waals surface area (Å²) < 4.78 is 104. The summed E-state index contributed by atoms with van der Waals surface area (Å²) in [5, 5.41) is 4.40. The fourth-order valence-electron chi connectivity index (χ4n) is 10.4. The van der Waals surface area contributed by atoms with Gasteiger partial charge in [-0.3, -0.25) is 18.7 Å². The van der Waals surface area contributed by atoms with Crippen molar-refractivity contribution in [2.24, 2.45) is 0 Å². The number of carbonyl (C=O) groups excluding carboxylic acids is 3. The number of benzene rings is 2. The summed E-state index contributed by atoms with van der Waals surface area (Å²) in [4.78, 5) is 42.4. The first-order valence-corrected chi connectivity index (χ1v) is 30.2. The maximum absolute atomic E-state index is 12.3. The van der Waals surface area contributed by atoms with Crippen molar-refractivity contribution in [2.75, 3.05) is 36.0 Å². The summed E-state index contributed by atoms with van der Waals surface area (Å²) in [5.41, 5.74) is 7.62. The highest BCUT2D eigenvalue weighted by molar-refractivity contribution is 7.86. The SMILES string of the molecule is CC1(C)C(/C=C/C2=C(NCCCCCCCCCCC(=O)ON3C(=O)CCC3=O)C(=C/C=C3/N(CCCCS(=O)(=O)O)c4ccc(S(=O)(=O)O)cc4C3(C)C)/CCC2)=[N+](CCCCS(=O)(=O)[O-])c2ccccc21. The zero-order valence-corrected chi connectivity index (χ0v) is 45.0. The number of amides is 2. The van der Waals surface area contributed by atoms with Gasteiger partial charge < -0.3 is 19.6 Å². The van der Waals surface area contributed by atoms with Gasteiger partial charge in [0.05, 0.1) is 26.2 Å². The highest BCUT2D eigenvalue weighted by Crippen LogP contribution is 2.49. The Morgan fingerprint density at radius 1 is 0.753 bits per heavy atom. The van der Waals surface area contributed by atoms with Crippen LogP contribution < -0.4 is 10.2 Å². The van der Waals surface area contributed by atoms with Gasteiger partial charge in [0.2, 0.25) is 5.69 Å². The Labute approximate surface area is 431 Å². The fraction of sp³-hybridized carbons (Fsp3) is 0.547. The van der Waals surface area contributed by atoms with Crippen molar-refractivity contribution in [1.82, 2.24) is 10.4 Å². The summed E-state index contributed by atoms with van der Waals surface area (Å²) in [7, 11) is -13.0. The Morgan fingerprint density at radius 2 is 1.41 bits per heavy atom. The summed E-state index contributed by atoms with van der Waals surface area (Å²) >= 11 is 0. The molecule has 0 radical (unpaired) electrons. The van der Waals surface area contributed by atoms with Gasteiger partial charge in [-0.15, -0.1) is 5.06 Å². The molecular weight excluding hydrogens is 997 g/mol. The van der Waals surface area contributed by atoms with E-state index in [9.17, 15) is 53.3 Å². The lowest BCUT2D eigenvalue weighted by Crippen LogP contribution is -2.31. The minimum atomic E-state index is -4.50. The van der Waals surface area contributed by atoms with Gasteiger partial charge in [-0.05, 0) is 106 Å². The molecule has 2 aromatic carbocycles. The first kappa shape index (κ1) is 57.3. The minimum absolute atomic E-state index is 0.0616. The molecule has 400 valence electrons. The maximum atomic E-state index is 12.3. The average Bonchev–Trinajstić information content (AvgIpc) is 3.83. The van der Waals surface area contributed by atoms with E-state index in [0.29, 0.717) is 49.5 Å². The lowest BCUT2D eigenvalue weighted by molar-refractivity contribution is -0.438. The summed E-state index contributed by atoms with van der Waals surface area (Å²) in [5.74, 6) is -2.35. The standard InChI is InChI=1S/C53H72N4O13S3/c1-52(2)42-22-12-13-23-44(42)55(34-15-17-36-71(61,62)63)46(52)29-25-39-20-19-21-40(51(39)54-33-14-10-8-6-5-7-9-11-24-50(60)70-57-48(58)31-32-49(57)59)26-30-47-53(3,4)43-38-41(73(67,68)69)27-28-45(43)56(47)35-16-18-37-72(64,65)66/h12-13,22-23,25-30,38H,5-11,14-21,24,31-37H2,1-4H3,(H3,61,62,63,64,65,66,67,68,69)/b40-26+,47-30+. The molecule has 0 saturated carbocycles. The molecule has 3 N–H and O–H groups in total. The number of rotatable bonds is 27. The molecule has 2 amide bonds. The quantitative estimate of drug-likeness (QED) is 0.0328. The number of para-hydroxylation sites is 1. The number of unbranched alkanes of at least 4 members (excludes halogenated alkanes) is 9. The second-order valence-electron chi connectivity index (χ2n) is 20.5. The first-order valence-electron chi connectivity index (χ1n) is 25.5. The molecule has 73 heavy (non-hydrogen) atoms. The molecule has 3 heterocycles. The van der Waals surface area contributed by atoms with Crippen molar-refractivity contribution in [1.29, 1.82) is 0 Å². The van der Waals surface area contributed by atoms with E-state index >= 15 is 0 Å². The third kappa shape index (κ3) is 15.3. The van der Waals surface area contributed by atoms with E-state index in [2.05, 4.69) is 59.0 Å². The van der Waals surface area contributed by atoms with E-state index in [1.807, 2.05) is 32.1 Å². The Morgan fingerprint density at radius 3 is 2.08 bits per heavy atom. The van der Waals surface area contributed by atoms with Gasteiger partial charge >= 0.3 is 5.97 Å². The van der Waals surface area contributed by atoms with Gasteiger partial charge in [0, 0.05) is 84.7 Å². The lowest BCUT2D eigenvalue weighted by Gasteiger charge is -2.28. The number of nitrogens with one attached hydrogen (secondary N) is 1. The van der Waals surface area contributed by atoms with Crippen LogP contribution in [-0.4, -0.2) is 103 Å². The third-order valence-electron chi connectivity index (χ3n) is 14.2. The van der Waals surface area contributed by atoms with Crippen LogP contribution in [0.15, 0.2) is 94.2 Å². The van der Waals surface area contributed by atoms with E-state index in [1.54, 1.807) is 6.07 Å². The van der Waals surface area contributed by atoms with E-state index < -0.39 is 59.3 Å². The Bertz CT molecular complexity index is 2880. The molecule has 4 aliphatic rings. The molecule has 0 atom stereocenters. The highest BCUT2D eigenvalue weighted by Gasteiger charge is 2.44. The molecule has 1 saturated heterocycles. The number of nitrogens with zero attached hydrogens (tertiary/aromatic N) is 3. The zero-order valence-electron chi connectivity index (χ0n) is 42.6. The molecule has 1 fully saturated rings. The number of hydrogen-bond acceptors (Lipinski definition) is 13. The second-order valence-corrected chi connectivity index (χ2v) is 25.0. The van der Waals surface area contributed by atoms with Crippen molar-refractivity contribution in [3.63, 3.8) is 0 Å². The first-order chi connectivity index (χ1) is 34.4. The van der Waals surface area contributed by atoms with Crippen LogP contribution in [0.4, 0.5) is 11.4 Å². The van der Waals surface area contributed by atoms with Crippen LogP contribution in [0.2, 0.25) is 0 Å². The van der Waals surface area contributed by atoms with E-state index in [1.165, 1.54) is 12.1 Å². The molecule has 6 rings (SSSR count). The van der Waals surface area contributed by atoms with Crippen molar-refractivity contribution in [3.8, 4) is 0 Å². The van der Waals surface area contributed by atoms with Crippen LogP contribution in [0.1, 0.15) is 154 Å². The van der Waals surface area contributed by atoms with Crippen molar-refractivity contribution < 1.29 is 62.7 Å². The molecular formula is C53H72N4O13S3. The monoisotopic (exact) mass is 1070 g/mol. The van der Waals surface area contributed by atoms with Gasteiger partial charge in [0.1, 0.15) is 6.54 Å². The number of anilines is 1. The van der Waals surface area contributed by atoms with Crippen LogP contribution in [0, 0.1) is 0 Å². The van der Waals surface area contributed by atoms with Crippen LogP contribution in [0.25, 0.3) is 0 Å². The Hall–Kier alpha value is -4.99. The predicted octanol–water partition coefficient (Wildman–Crippen LogP) is 8.61. The van der Waals surface area contributed by atoms with Crippen molar-refractivity contribution in [3.05, 3.63) is 100 Å². The molecule has 0 spiro atoms. The van der Waals surface area contributed by atoms with Crippen molar-refractivity contribution >= 4 is 65.2 Å². The Kier molecular flexibility index (Phi) is 19.3. The molecule has 0 unspecified atom stereocenters. The number of allylic oxidation sites excluding steroid dienone is 7. The van der Waals surface area contributed by atoms with E-state index in [0.717, 1.165) is 109 Å². The number of hydrogen-bond donors (Lipinski definition) is 3. The van der Waals surface area contributed by atoms with Crippen LogP contribution in [0.5, 0.6) is 0 Å². The number of hydroxylamine groups is 2. The molecule has 0 aromatic heterocycles. The van der Waals surface area contributed by atoms with Gasteiger partial charge in [0.25, 0.3) is 32.1 Å². The molecule has 2 aromatic rings.